The van der Waals surface area contributed by atoms with Crippen molar-refractivity contribution >= 4 is 16.9 Å². The van der Waals surface area contributed by atoms with Crippen LogP contribution in [0, 0.1) is 13.8 Å². The van der Waals surface area contributed by atoms with Gasteiger partial charge in [-0.25, -0.2) is 9.59 Å². The molecule has 0 unspecified atom stereocenters. The summed E-state index contributed by atoms with van der Waals surface area (Å²) in [5.74, 6) is 0.0231. The van der Waals surface area contributed by atoms with E-state index in [0.29, 0.717) is 22.7 Å². The lowest BCUT2D eigenvalue weighted by molar-refractivity contribution is 0.0697. The minimum absolute atomic E-state index is 0.111. The highest BCUT2D eigenvalue weighted by Gasteiger charge is 2.18. The summed E-state index contributed by atoms with van der Waals surface area (Å²) >= 11 is 0. The van der Waals surface area contributed by atoms with E-state index in [-0.39, 0.29) is 29.2 Å². The Morgan fingerprint density at radius 1 is 1.00 bits per heavy atom. The highest BCUT2D eigenvalue weighted by molar-refractivity contribution is 5.87. The number of aromatic carboxylic acids is 1. The van der Waals surface area contributed by atoms with Crippen molar-refractivity contribution in [2.24, 2.45) is 0 Å². The lowest BCUT2D eigenvalue weighted by Crippen LogP contribution is -2.05. The number of aromatic hydroxyl groups is 1. The lowest BCUT2D eigenvalue weighted by Gasteiger charge is -2.06. The van der Waals surface area contributed by atoms with Crippen LogP contribution in [0.15, 0.2) is 62.2 Å². The second-order valence-electron chi connectivity index (χ2n) is 6.92. The number of carboxylic acids is 1. The van der Waals surface area contributed by atoms with Gasteiger partial charge in [-0.3, -0.25) is 0 Å². The predicted molar refractivity (Wildman–Crippen MR) is 109 cm³/mol. The number of hydrogen-bond donors (Lipinski definition) is 2. The van der Waals surface area contributed by atoms with Gasteiger partial charge in [-0.2, -0.15) is 0 Å². The number of carboxylic acid groups (broad SMARTS) is 1. The standard InChI is InChI=1S/C23H18O7/c1-12-20(24)13(2)23(27)30-21(12)19-10-16-9-17(7-8-18(16)29-19)28-11-14-3-5-15(6-4-14)22(25)26/h3-10,24H,11H2,1-2H3,(H,25,26). The van der Waals surface area contributed by atoms with Crippen LogP contribution in [0.4, 0.5) is 0 Å². The van der Waals surface area contributed by atoms with Crippen LogP contribution in [0.5, 0.6) is 11.5 Å². The van der Waals surface area contributed by atoms with Gasteiger partial charge in [0.15, 0.2) is 11.5 Å². The first-order valence-corrected chi connectivity index (χ1v) is 9.16. The van der Waals surface area contributed by atoms with E-state index in [1.54, 1.807) is 43.3 Å². The van der Waals surface area contributed by atoms with E-state index in [1.807, 2.05) is 0 Å². The molecule has 30 heavy (non-hydrogen) atoms. The summed E-state index contributed by atoms with van der Waals surface area (Å²) in [5.41, 5.74) is 1.58. The number of ether oxygens (including phenoxy) is 1. The normalized spacial score (nSPS) is 11.0. The summed E-state index contributed by atoms with van der Waals surface area (Å²) in [6.45, 7) is 3.42. The first-order valence-electron chi connectivity index (χ1n) is 9.16. The van der Waals surface area contributed by atoms with Crippen LogP contribution in [0.3, 0.4) is 0 Å². The maximum absolute atomic E-state index is 11.9. The van der Waals surface area contributed by atoms with Gasteiger partial charge in [-0.05, 0) is 55.8 Å². The molecule has 2 heterocycles. The maximum atomic E-state index is 11.9. The second-order valence-corrected chi connectivity index (χ2v) is 6.92. The third-order valence-electron chi connectivity index (χ3n) is 4.87. The van der Waals surface area contributed by atoms with Gasteiger partial charge in [0.05, 0.1) is 11.1 Å². The van der Waals surface area contributed by atoms with Crippen molar-refractivity contribution in [3.63, 3.8) is 0 Å². The zero-order chi connectivity index (χ0) is 21.4. The molecule has 0 spiro atoms. The number of benzene rings is 2. The van der Waals surface area contributed by atoms with Crippen molar-refractivity contribution in [1.29, 1.82) is 0 Å². The average molecular weight is 406 g/mol. The number of hydrogen-bond acceptors (Lipinski definition) is 6. The van der Waals surface area contributed by atoms with Crippen LogP contribution in [-0.4, -0.2) is 16.2 Å². The van der Waals surface area contributed by atoms with Crippen molar-refractivity contribution in [3.05, 3.63) is 81.2 Å². The molecule has 0 bridgehead atoms. The molecule has 0 saturated carbocycles. The molecular weight excluding hydrogens is 388 g/mol. The largest absolute Gasteiger partial charge is 0.507 e. The Morgan fingerprint density at radius 3 is 2.43 bits per heavy atom. The Hall–Kier alpha value is -4.00. The number of carbonyl (C=O) groups is 1. The predicted octanol–water partition coefficient (Wildman–Crippen LogP) is 4.65. The van der Waals surface area contributed by atoms with Crippen LogP contribution in [0.1, 0.15) is 27.0 Å². The van der Waals surface area contributed by atoms with Gasteiger partial charge < -0.3 is 23.8 Å². The monoisotopic (exact) mass is 406 g/mol. The van der Waals surface area contributed by atoms with Crippen molar-refractivity contribution in [2.45, 2.75) is 20.5 Å². The lowest BCUT2D eigenvalue weighted by atomic mass is 10.1. The third-order valence-corrected chi connectivity index (χ3v) is 4.87. The summed E-state index contributed by atoms with van der Waals surface area (Å²) in [6, 6.07) is 13.4. The molecule has 0 fully saturated rings. The molecule has 0 saturated heterocycles. The molecule has 0 radical (unpaired) electrons. The van der Waals surface area contributed by atoms with Gasteiger partial charge in [-0.15, -0.1) is 0 Å². The molecule has 4 aromatic rings. The van der Waals surface area contributed by atoms with Crippen molar-refractivity contribution in [1.82, 2.24) is 0 Å². The zero-order valence-corrected chi connectivity index (χ0v) is 16.3. The molecule has 0 aliphatic heterocycles. The fraction of sp³-hybridized carbons (Fsp3) is 0.130. The summed E-state index contributed by atoms with van der Waals surface area (Å²) in [7, 11) is 0. The molecule has 2 N–H and O–H groups in total. The Labute approximate surface area is 170 Å². The van der Waals surface area contributed by atoms with Gasteiger partial charge in [0.25, 0.3) is 0 Å². The van der Waals surface area contributed by atoms with E-state index in [1.165, 1.54) is 19.1 Å². The van der Waals surface area contributed by atoms with Crippen LogP contribution >= 0.6 is 0 Å². The van der Waals surface area contributed by atoms with Crippen LogP contribution < -0.4 is 10.4 Å². The van der Waals surface area contributed by atoms with E-state index >= 15 is 0 Å². The minimum atomic E-state index is -0.975. The Bertz CT molecular complexity index is 1310. The smallest absolute Gasteiger partial charge is 0.343 e. The molecule has 2 aromatic carbocycles. The van der Waals surface area contributed by atoms with Crippen LogP contribution in [-0.2, 0) is 6.61 Å². The summed E-state index contributed by atoms with van der Waals surface area (Å²) in [6.07, 6.45) is 0. The van der Waals surface area contributed by atoms with Crippen molar-refractivity contribution in [3.8, 4) is 23.0 Å². The summed E-state index contributed by atoms with van der Waals surface area (Å²) in [5, 5.41) is 19.8. The molecule has 2 aromatic heterocycles. The van der Waals surface area contributed by atoms with Gasteiger partial charge in [0.1, 0.15) is 23.7 Å². The first kappa shape index (κ1) is 19.3. The van der Waals surface area contributed by atoms with Crippen LogP contribution in [0.2, 0.25) is 0 Å². The SMILES string of the molecule is Cc1c(-c2cc3cc(OCc4ccc(C(=O)O)cc4)ccc3o2)oc(=O)c(C)c1O. The summed E-state index contributed by atoms with van der Waals surface area (Å²) in [4.78, 5) is 22.8. The van der Waals surface area contributed by atoms with Gasteiger partial charge in [-0.1, -0.05) is 12.1 Å². The second kappa shape index (κ2) is 7.44. The average Bonchev–Trinajstić information content (AvgIpc) is 3.16. The molecule has 0 aliphatic carbocycles. The molecule has 7 nitrogen and oxygen atoms in total. The van der Waals surface area contributed by atoms with E-state index in [9.17, 15) is 14.7 Å². The minimum Gasteiger partial charge on any atom is -0.507 e. The highest BCUT2D eigenvalue weighted by Crippen LogP contribution is 2.34. The Morgan fingerprint density at radius 2 is 1.73 bits per heavy atom. The molecule has 7 heteroatoms. The zero-order valence-electron chi connectivity index (χ0n) is 16.3. The van der Waals surface area contributed by atoms with Crippen LogP contribution in [0.25, 0.3) is 22.5 Å². The molecule has 0 aliphatic rings. The quantitative estimate of drug-likeness (QED) is 0.496. The van der Waals surface area contributed by atoms with E-state index in [0.717, 1.165) is 10.9 Å². The Balaban J connectivity index is 1.59. The van der Waals surface area contributed by atoms with E-state index < -0.39 is 11.6 Å². The molecular formula is C23H18O7. The molecule has 4 rings (SSSR count). The number of fused-ring (bicyclic) bond motifs is 1. The van der Waals surface area contributed by atoms with E-state index in [2.05, 4.69) is 0 Å². The number of rotatable bonds is 5. The number of furan rings is 1. The van der Waals surface area contributed by atoms with E-state index in [4.69, 9.17) is 18.7 Å². The van der Waals surface area contributed by atoms with Gasteiger partial charge in [0.2, 0.25) is 0 Å². The molecule has 0 amide bonds. The fourth-order valence-corrected chi connectivity index (χ4v) is 3.10. The molecule has 152 valence electrons. The fourth-order valence-electron chi connectivity index (χ4n) is 3.10. The molecule has 0 atom stereocenters. The topological polar surface area (TPSA) is 110 Å². The van der Waals surface area contributed by atoms with Crippen molar-refractivity contribution in [2.75, 3.05) is 0 Å². The van der Waals surface area contributed by atoms with Gasteiger partial charge >= 0.3 is 11.6 Å². The highest BCUT2D eigenvalue weighted by atomic mass is 16.5. The van der Waals surface area contributed by atoms with Gasteiger partial charge in [0, 0.05) is 10.9 Å². The van der Waals surface area contributed by atoms with Crippen molar-refractivity contribution < 1.29 is 28.6 Å². The first-order chi connectivity index (χ1) is 14.3. The summed E-state index contributed by atoms with van der Waals surface area (Å²) < 4.78 is 16.9. The maximum Gasteiger partial charge on any atom is 0.343 e. The third kappa shape index (κ3) is 3.53. The Kier molecular flexibility index (Phi) is 4.79.